The van der Waals surface area contributed by atoms with E-state index in [-0.39, 0.29) is 0 Å². The van der Waals surface area contributed by atoms with Gasteiger partial charge in [-0.15, -0.1) is 5.16 Å². The molecular weight excluding hydrogens is 444 g/mol. The maximum absolute atomic E-state index is 6.70. The van der Waals surface area contributed by atoms with Crippen LogP contribution in [0.3, 0.4) is 0 Å². The topological polar surface area (TPSA) is 26.5 Å². The van der Waals surface area contributed by atoms with E-state index < -0.39 is 8.32 Å². The van der Waals surface area contributed by atoms with Gasteiger partial charge in [-0.3, -0.25) is 0 Å². The summed E-state index contributed by atoms with van der Waals surface area (Å²) in [5, 5.41) is 5.87. The summed E-state index contributed by atoms with van der Waals surface area (Å²) in [7, 11) is -0.368. The first-order chi connectivity index (χ1) is 17.2. The molecule has 0 N–H and O–H groups in total. The summed E-state index contributed by atoms with van der Waals surface area (Å²) in [6.07, 6.45) is 4.01. The van der Waals surface area contributed by atoms with E-state index in [9.17, 15) is 0 Å². The number of aromatic nitrogens is 1. The number of rotatable bonds is 9. The van der Waals surface area contributed by atoms with Crippen molar-refractivity contribution in [3.05, 3.63) is 144 Å². The van der Waals surface area contributed by atoms with Crippen molar-refractivity contribution in [2.45, 2.75) is 18.1 Å². The summed E-state index contributed by atoms with van der Waals surface area (Å²) in [6.45, 7) is 0. The van der Waals surface area contributed by atoms with Crippen molar-refractivity contribution in [1.29, 1.82) is 0 Å². The van der Waals surface area contributed by atoms with Crippen LogP contribution in [-0.4, -0.2) is 19.1 Å². The number of hydrogen-bond donors (Lipinski definition) is 0. The summed E-state index contributed by atoms with van der Waals surface area (Å²) in [5.74, 6) is 0. The summed E-state index contributed by atoms with van der Waals surface area (Å²) < 4.78 is 8.84. The molecule has 35 heavy (non-hydrogen) atoms. The van der Waals surface area contributed by atoms with Gasteiger partial charge < -0.3 is 9.09 Å². The Morgan fingerprint density at radius 3 is 1.63 bits per heavy atom. The van der Waals surface area contributed by atoms with E-state index in [1.54, 1.807) is 0 Å². The van der Waals surface area contributed by atoms with Crippen LogP contribution in [0.4, 0.5) is 0 Å². The molecule has 0 amide bonds. The molecule has 0 saturated heterocycles. The molecule has 0 bridgehead atoms. The Hall–Kier alpha value is -3.89. The zero-order valence-corrected chi connectivity index (χ0v) is 21.0. The van der Waals surface area contributed by atoms with Gasteiger partial charge in [-0.05, 0) is 22.8 Å². The maximum atomic E-state index is 6.70. The predicted molar refractivity (Wildman–Crippen MR) is 148 cm³/mol. The third-order valence-electron chi connectivity index (χ3n) is 6.47. The smallest absolute Gasteiger partial charge is 0.300 e. The lowest BCUT2D eigenvalue weighted by Crippen LogP contribution is -2.46. The van der Waals surface area contributed by atoms with Gasteiger partial charge in [0.2, 0.25) is 0 Å². The highest BCUT2D eigenvalue weighted by atomic mass is 28.4. The van der Waals surface area contributed by atoms with Gasteiger partial charge in [0.15, 0.2) is 0 Å². The quantitative estimate of drug-likeness (QED) is 0.131. The summed E-state index contributed by atoms with van der Waals surface area (Å²) in [5.41, 5.74) is 6.16. The fraction of sp³-hybridized carbons (Fsp3) is 0.129. The molecule has 5 rings (SSSR count). The second-order valence-corrected chi connectivity index (χ2v) is 12.8. The second-order valence-electron chi connectivity index (χ2n) is 9.21. The number of nitrogens with zero attached hydrogens (tertiary/aromatic N) is 2. The van der Waals surface area contributed by atoms with Gasteiger partial charge in [-0.2, -0.15) is 0 Å². The van der Waals surface area contributed by atoms with Crippen molar-refractivity contribution in [3.8, 4) is 0 Å². The molecule has 1 heterocycles. The minimum atomic E-state index is -2.44. The molecule has 4 aromatic carbocycles. The highest BCUT2D eigenvalue weighted by Gasteiger charge is 2.39. The van der Waals surface area contributed by atoms with Crippen molar-refractivity contribution < 1.29 is 4.53 Å². The molecular formula is C31H30N2OSi. The lowest BCUT2D eigenvalue weighted by atomic mass is 10.2. The van der Waals surface area contributed by atoms with Crippen molar-refractivity contribution in [2.24, 2.45) is 12.2 Å². The molecule has 174 valence electrons. The average molecular weight is 475 g/mol. The Balaban J connectivity index is 1.52. The number of aryl methyl sites for hydroxylation is 1. The highest BCUT2D eigenvalue weighted by Crippen LogP contribution is 2.25. The van der Waals surface area contributed by atoms with Crippen LogP contribution in [0.2, 0.25) is 0 Å². The minimum Gasteiger partial charge on any atom is -0.454 e. The van der Waals surface area contributed by atoms with E-state index in [1.807, 2.05) is 6.21 Å². The van der Waals surface area contributed by atoms with Crippen LogP contribution < -0.4 is 0 Å². The van der Waals surface area contributed by atoms with E-state index >= 15 is 0 Å². The zero-order chi connectivity index (χ0) is 23.9. The van der Waals surface area contributed by atoms with Gasteiger partial charge in [0, 0.05) is 47.8 Å². The predicted octanol–water partition coefficient (Wildman–Crippen LogP) is 6.82. The van der Waals surface area contributed by atoms with Gasteiger partial charge in [0.25, 0.3) is 8.32 Å². The standard InChI is InChI=1S/C31H30N2OSi/c1-33-22-29(30-19-11-12-20-31(30)33)21-32-34-35(23-26-13-5-2-6-14-26,24-27-15-7-3-8-16-27)25-28-17-9-4-10-18-28/h2-22H,23-25H2,1H3. The summed E-state index contributed by atoms with van der Waals surface area (Å²) in [4.78, 5) is 0. The highest BCUT2D eigenvalue weighted by molar-refractivity contribution is 6.72. The molecule has 1 aromatic heterocycles. The number of fused-ring (bicyclic) bond motifs is 1. The van der Waals surface area contributed by atoms with Crippen LogP contribution in [0.1, 0.15) is 22.3 Å². The van der Waals surface area contributed by atoms with Crippen molar-refractivity contribution in [2.75, 3.05) is 0 Å². The lowest BCUT2D eigenvalue weighted by molar-refractivity contribution is 0.319. The van der Waals surface area contributed by atoms with Crippen LogP contribution >= 0.6 is 0 Å². The van der Waals surface area contributed by atoms with E-state index in [2.05, 4.69) is 138 Å². The first-order valence-electron chi connectivity index (χ1n) is 12.1. The Morgan fingerprint density at radius 1 is 0.657 bits per heavy atom. The van der Waals surface area contributed by atoms with E-state index in [4.69, 9.17) is 4.53 Å². The molecule has 0 saturated carbocycles. The molecule has 0 atom stereocenters. The average Bonchev–Trinajstić information content (AvgIpc) is 3.21. The van der Waals surface area contributed by atoms with E-state index in [1.165, 1.54) is 27.6 Å². The maximum Gasteiger partial charge on any atom is 0.300 e. The fourth-order valence-corrected chi connectivity index (χ4v) is 8.64. The lowest BCUT2D eigenvalue weighted by Gasteiger charge is -2.29. The van der Waals surface area contributed by atoms with Crippen molar-refractivity contribution in [1.82, 2.24) is 4.57 Å². The summed E-state index contributed by atoms with van der Waals surface area (Å²) in [6, 6.07) is 43.2. The normalized spacial score (nSPS) is 11.8. The Bertz CT molecular complexity index is 1290. The molecule has 0 aliphatic carbocycles. The van der Waals surface area contributed by atoms with E-state index in [0.717, 1.165) is 23.7 Å². The van der Waals surface area contributed by atoms with Crippen LogP contribution in [-0.2, 0) is 29.7 Å². The third-order valence-corrected chi connectivity index (χ3v) is 10.1. The van der Waals surface area contributed by atoms with Crippen LogP contribution in [0, 0.1) is 0 Å². The number of para-hydroxylation sites is 1. The Morgan fingerprint density at radius 2 is 1.11 bits per heavy atom. The monoisotopic (exact) mass is 474 g/mol. The molecule has 0 aliphatic heterocycles. The molecule has 0 radical (unpaired) electrons. The first kappa shape index (κ1) is 22.9. The molecule has 0 fully saturated rings. The van der Waals surface area contributed by atoms with Gasteiger partial charge in [-0.25, -0.2) is 0 Å². The van der Waals surface area contributed by atoms with Gasteiger partial charge in [-0.1, -0.05) is 109 Å². The van der Waals surface area contributed by atoms with Gasteiger partial charge in [0.1, 0.15) is 0 Å². The van der Waals surface area contributed by atoms with Crippen molar-refractivity contribution in [3.63, 3.8) is 0 Å². The minimum absolute atomic E-state index is 0.893. The molecule has 5 aromatic rings. The number of hydrogen-bond acceptors (Lipinski definition) is 2. The zero-order valence-electron chi connectivity index (χ0n) is 20.0. The van der Waals surface area contributed by atoms with Crippen LogP contribution in [0.5, 0.6) is 0 Å². The third kappa shape index (κ3) is 5.61. The molecule has 0 aliphatic rings. The molecule has 3 nitrogen and oxygen atoms in total. The van der Waals surface area contributed by atoms with Gasteiger partial charge in [0.05, 0.1) is 6.21 Å². The second kappa shape index (κ2) is 10.6. The fourth-order valence-electron chi connectivity index (χ4n) is 4.86. The number of oxime groups is 1. The van der Waals surface area contributed by atoms with Crippen molar-refractivity contribution >= 4 is 25.4 Å². The van der Waals surface area contributed by atoms with E-state index in [0.29, 0.717) is 0 Å². The SMILES string of the molecule is Cn1cc(C=NO[Si](Cc2ccccc2)(Cc2ccccc2)Cc2ccccc2)c2ccccc21. The molecule has 4 heteroatoms. The van der Waals surface area contributed by atoms with Gasteiger partial charge >= 0.3 is 0 Å². The van der Waals surface area contributed by atoms with Crippen LogP contribution in [0.15, 0.2) is 127 Å². The molecule has 0 spiro atoms. The largest absolute Gasteiger partial charge is 0.454 e. The Kier molecular flexibility index (Phi) is 6.91. The molecule has 0 unspecified atom stereocenters. The Labute approximate surface area is 208 Å². The summed E-state index contributed by atoms with van der Waals surface area (Å²) >= 11 is 0. The number of benzene rings is 4. The first-order valence-corrected chi connectivity index (χ1v) is 14.6. The van der Waals surface area contributed by atoms with Crippen LogP contribution in [0.25, 0.3) is 10.9 Å².